The van der Waals surface area contributed by atoms with Gasteiger partial charge in [-0.3, -0.25) is 0 Å². The molecule has 3 heteroatoms. The molecule has 2 aromatic carbocycles. The number of hydrogen-bond donors (Lipinski definition) is 0. The van der Waals surface area contributed by atoms with E-state index >= 15 is 0 Å². The predicted octanol–water partition coefficient (Wildman–Crippen LogP) is 8.66. The average Bonchev–Trinajstić information content (AvgIpc) is 2.74. The lowest BCUT2D eigenvalue weighted by molar-refractivity contribution is 0.188. The Balaban J connectivity index is 1.65. The van der Waals surface area contributed by atoms with Gasteiger partial charge in [0.25, 0.3) is 0 Å². The van der Waals surface area contributed by atoms with Crippen LogP contribution in [0.2, 0.25) is 0 Å². The minimum atomic E-state index is -0.629. The first-order chi connectivity index (χ1) is 14.5. The molecule has 1 fully saturated rings. The van der Waals surface area contributed by atoms with E-state index in [0.717, 1.165) is 30.7 Å². The SMILES string of the molecule is CCCCCCC(C)Oc1c(F)cc(-c2ccc([C@H]3CC[C@H](C)CC3)cc2)cc1F. The van der Waals surface area contributed by atoms with Crippen LogP contribution in [-0.2, 0) is 0 Å². The number of ether oxygens (including phenoxy) is 1. The third kappa shape index (κ3) is 6.06. The molecular weight excluding hydrogens is 378 g/mol. The molecule has 0 bridgehead atoms. The van der Waals surface area contributed by atoms with Gasteiger partial charge in [-0.2, -0.15) is 0 Å². The molecule has 0 amide bonds. The van der Waals surface area contributed by atoms with Gasteiger partial charge in [0.1, 0.15) is 0 Å². The molecule has 1 unspecified atom stereocenters. The third-order valence-electron chi connectivity index (χ3n) is 6.51. The summed E-state index contributed by atoms with van der Waals surface area (Å²) >= 11 is 0. The molecule has 164 valence electrons. The number of benzene rings is 2. The molecule has 3 rings (SSSR count). The van der Waals surface area contributed by atoms with Gasteiger partial charge in [-0.15, -0.1) is 0 Å². The van der Waals surface area contributed by atoms with Crippen molar-refractivity contribution in [1.82, 2.24) is 0 Å². The van der Waals surface area contributed by atoms with Crippen LogP contribution in [0.25, 0.3) is 11.1 Å². The number of halogens is 2. The monoisotopic (exact) mass is 414 g/mol. The van der Waals surface area contributed by atoms with Crippen molar-refractivity contribution < 1.29 is 13.5 Å². The molecule has 0 heterocycles. The van der Waals surface area contributed by atoms with E-state index in [2.05, 4.69) is 26.0 Å². The van der Waals surface area contributed by atoms with Crippen molar-refractivity contribution in [2.24, 2.45) is 5.92 Å². The molecule has 1 aliphatic carbocycles. The second-order valence-corrected chi connectivity index (χ2v) is 9.13. The first kappa shape index (κ1) is 22.8. The smallest absolute Gasteiger partial charge is 0.191 e. The summed E-state index contributed by atoms with van der Waals surface area (Å²) in [6.45, 7) is 6.36. The van der Waals surface area contributed by atoms with Gasteiger partial charge in [-0.1, -0.05) is 70.2 Å². The molecule has 1 atom stereocenters. The topological polar surface area (TPSA) is 9.23 Å². The largest absolute Gasteiger partial charge is 0.485 e. The fourth-order valence-corrected chi connectivity index (χ4v) is 4.50. The lowest BCUT2D eigenvalue weighted by atomic mass is 9.79. The van der Waals surface area contributed by atoms with E-state index in [1.54, 1.807) is 0 Å². The molecule has 0 saturated heterocycles. The normalized spacial score (nSPS) is 20.2. The first-order valence-corrected chi connectivity index (χ1v) is 11.7. The molecular formula is C27H36F2O. The second kappa shape index (κ2) is 10.9. The fourth-order valence-electron chi connectivity index (χ4n) is 4.50. The van der Waals surface area contributed by atoms with Crippen LogP contribution in [0.5, 0.6) is 5.75 Å². The van der Waals surface area contributed by atoms with E-state index in [0.29, 0.717) is 11.5 Å². The van der Waals surface area contributed by atoms with Crippen molar-refractivity contribution in [3.8, 4) is 16.9 Å². The van der Waals surface area contributed by atoms with Crippen LogP contribution in [-0.4, -0.2) is 6.10 Å². The van der Waals surface area contributed by atoms with Gasteiger partial charge in [0.2, 0.25) is 0 Å². The second-order valence-electron chi connectivity index (χ2n) is 9.13. The summed E-state index contributed by atoms with van der Waals surface area (Å²) in [7, 11) is 0. The van der Waals surface area contributed by atoms with Crippen LogP contribution in [0.4, 0.5) is 8.78 Å². The maximum absolute atomic E-state index is 14.6. The van der Waals surface area contributed by atoms with Crippen molar-refractivity contribution in [3.05, 3.63) is 53.6 Å². The van der Waals surface area contributed by atoms with E-state index in [9.17, 15) is 8.78 Å². The maximum Gasteiger partial charge on any atom is 0.191 e. The van der Waals surface area contributed by atoms with Gasteiger partial charge in [-0.05, 0) is 73.3 Å². The highest BCUT2D eigenvalue weighted by Gasteiger charge is 2.20. The third-order valence-corrected chi connectivity index (χ3v) is 6.51. The lowest BCUT2D eigenvalue weighted by Gasteiger charge is -2.26. The highest BCUT2D eigenvalue weighted by molar-refractivity contribution is 5.65. The van der Waals surface area contributed by atoms with Crippen LogP contribution in [0.15, 0.2) is 36.4 Å². The van der Waals surface area contributed by atoms with E-state index in [-0.39, 0.29) is 11.9 Å². The summed E-state index contributed by atoms with van der Waals surface area (Å²) in [5.74, 6) is -0.0780. The van der Waals surface area contributed by atoms with E-state index in [1.807, 2.05) is 19.1 Å². The van der Waals surface area contributed by atoms with E-state index in [4.69, 9.17) is 4.74 Å². The van der Waals surface area contributed by atoms with Crippen molar-refractivity contribution in [1.29, 1.82) is 0 Å². The Morgan fingerprint density at radius 2 is 1.53 bits per heavy atom. The summed E-state index contributed by atoms with van der Waals surface area (Å²) in [6, 6.07) is 11.0. The van der Waals surface area contributed by atoms with E-state index < -0.39 is 11.6 Å². The quantitative estimate of drug-likeness (QED) is 0.373. The number of hydrogen-bond acceptors (Lipinski definition) is 1. The van der Waals surface area contributed by atoms with Crippen molar-refractivity contribution >= 4 is 0 Å². The Bertz CT molecular complexity index is 768. The van der Waals surface area contributed by atoms with Gasteiger partial charge in [0.15, 0.2) is 17.4 Å². The highest BCUT2D eigenvalue weighted by Crippen LogP contribution is 2.36. The van der Waals surface area contributed by atoms with Gasteiger partial charge in [0.05, 0.1) is 6.10 Å². The van der Waals surface area contributed by atoms with Gasteiger partial charge >= 0.3 is 0 Å². The standard InChI is InChI=1S/C27H36F2O/c1-4-5-6-7-8-20(3)30-27-25(28)17-24(18-26(27)29)23-15-13-22(14-16-23)21-11-9-19(2)10-12-21/h13-21H,4-12H2,1-3H3/t19-,20?,21-. The summed E-state index contributed by atoms with van der Waals surface area (Å²) in [5, 5.41) is 0. The van der Waals surface area contributed by atoms with Crippen LogP contribution in [0.3, 0.4) is 0 Å². The number of rotatable bonds is 9. The zero-order valence-electron chi connectivity index (χ0n) is 18.7. The Labute approximate surface area is 180 Å². The molecule has 0 N–H and O–H groups in total. The molecule has 0 radical (unpaired) electrons. The molecule has 0 spiro atoms. The molecule has 1 saturated carbocycles. The van der Waals surface area contributed by atoms with Crippen molar-refractivity contribution in [3.63, 3.8) is 0 Å². The van der Waals surface area contributed by atoms with Crippen LogP contribution in [0.1, 0.15) is 90.0 Å². The Hall–Kier alpha value is -1.90. The first-order valence-electron chi connectivity index (χ1n) is 11.7. The number of unbranched alkanes of at least 4 members (excludes halogenated alkanes) is 3. The van der Waals surface area contributed by atoms with Crippen molar-refractivity contribution in [2.75, 3.05) is 0 Å². The minimum Gasteiger partial charge on any atom is -0.485 e. The Morgan fingerprint density at radius 3 is 2.13 bits per heavy atom. The molecule has 1 aliphatic rings. The zero-order chi connectivity index (χ0) is 21.5. The Kier molecular flexibility index (Phi) is 8.30. The molecule has 0 aliphatic heterocycles. The predicted molar refractivity (Wildman–Crippen MR) is 121 cm³/mol. The van der Waals surface area contributed by atoms with Gasteiger partial charge in [-0.25, -0.2) is 8.78 Å². The highest BCUT2D eigenvalue weighted by atomic mass is 19.1. The zero-order valence-corrected chi connectivity index (χ0v) is 18.7. The molecule has 0 aromatic heterocycles. The van der Waals surface area contributed by atoms with E-state index in [1.165, 1.54) is 56.2 Å². The van der Waals surface area contributed by atoms with Crippen molar-refractivity contribution in [2.45, 2.75) is 90.6 Å². The average molecular weight is 415 g/mol. The summed E-state index contributed by atoms with van der Waals surface area (Å²) in [5.41, 5.74) is 2.72. The van der Waals surface area contributed by atoms with Crippen LogP contribution < -0.4 is 4.74 Å². The minimum absolute atomic E-state index is 0.200. The lowest BCUT2D eigenvalue weighted by Crippen LogP contribution is -2.13. The molecule has 1 nitrogen and oxygen atoms in total. The summed E-state index contributed by atoms with van der Waals surface area (Å²) in [6.07, 6.45) is 10.1. The Morgan fingerprint density at radius 1 is 0.900 bits per heavy atom. The van der Waals surface area contributed by atoms with Gasteiger partial charge in [0, 0.05) is 0 Å². The molecule has 30 heavy (non-hydrogen) atoms. The fraction of sp³-hybridized carbons (Fsp3) is 0.556. The summed E-state index contributed by atoms with van der Waals surface area (Å²) in [4.78, 5) is 0. The molecule has 2 aromatic rings. The summed E-state index contributed by atoms with van der Waals surface area (Å²) < 4.78 is 34.9. The van der Waals surface area contributed by atoms with Crippen LogP contribution in [0, 0.1) is 17.6 Å². The maximum atomic E-state index is 14.6. The van der Waals surface area contributed by atoms with Crippen LogP contribution >= 0.6 is 0 Å². The van der Waals surface area contributed by atoms with Gasteiger partial charge < -0.3 is 4.74 Å².